The van der Waals surface area contributed by atoms with Crippen molar-refractivity contribution in [3.63, 3.8) is 0 Å². The molecule has 5 nitrogen and oxygen atoms in total. The van der Waals surface area contributed by atoms with Crippen molar-refractivity contribution in [1.82, 2.24) is 0 Å². The lowest BCUT2D eigenvalue weighted by Crippen LogP contribution is -2.37. The molecule has 2 rings (SSSR count). The van der Waals surface area contributed by atoms with E-state index in [1.54, 1.807) is 19.1 Å². The third kappa shape index (κ3) is 3.36. The van der Waals surface area contributed by atoms with Crippen molar-refractivity contribution in [3.05, 3.63) is 54.0 Å². The molecule has 0 aliphatic carbocycles. The van der Waals surface area contributed by atoms with Gasteiger partial charge in [-0.15, -0.1) is 0 Å². The van der Waals surface area contributed by atoms with Crippen LogP contribution < -0.4 is 4.90 Å². The van der Waals surface area contributed by atoms with Crippen LogP contribution in [0.25, 0.3) is 0 Å². The van der Waals surface area contributed by atoms with Crippen LogP contribution in [0.5, 0.6) is 0 Å². The maximum atomic E-state index is 12.7. The van der Waals surface area contributed by atoms with Crippen LogP contribution in [0.2, 0.25) is 0 Å². The minimum atomic E-state index is -0.939. The molecular weight excluding hydrogens is 282 g/mol. The molecule has 0 bridgehead atoms. The highest BCUT2D eigenvalue weighted by molar-refractivity contribution is 6.05. The molecule has 2 aromatic rings. The summed E-state index contributed by atoms with van der Waals surface area (Å²) in [6.07, 6.45) is 2.18. The van der Waals surface area contributed by atoms with Crippen molar-refractivity contribution in [2.24, 2.45) is 5.92 Å². The standard InChI is InChI=1S/C17H19NO4/c1-3-13-7-4-5-8-14(13)18(11-12(2)17(20)21)16(19)15-9-6-10-22-15/h4-10,12H,3,11H2,1-2H3,(H,20,21). The highest BCUT2D eigenvalue weighted by atomic mass is 16.4. The molecule has 0 aliphatic heterocycles. The fourth-order valence-electron chi connectivity index (χ4n) is 2.25. The van der Waals surface area contributed by atoms with Gasteiger partial charge in [0.2, 0.25) is 0 Å². The highest BCUT2D eigenvalue weighted by Gasteiger charge is 2.25. The van der Waals surface area contributed by atoms with Crippen molar-refractivity contribution in [2.45, 2.75) is 20.3 Å². The maximum Gasteiger partial charge on any atom is 0.308 e. The quantitative estimate of drug-likeness (QED) is 0.889. The molecule has 1 atom stereocenters. The summed E-state index contributed by atoms with van der Waals surface area (Å²) in [5.74, 6) is -1.75. The molecule has 0 spiro atoms. The third-order valence-corrected chi connectivity index (χ3v) is 3.52. The Balaban J connectivity index is 2.41. The van der Waals surface area contributed by atoms with Crippen molar-refractivity contribution in [3.8, 4) is 0 Å². The van der Waals surface area contributed by atoms with Crippen molar-refractivity contribution < 1.29 is 19.1 Å². The van der Waals surface area contributed by atoms with Gasteiger partial charge in [-0.05, 0) is 30.2 Å². The molecule has 116 valence electrons. The van der Waals surface area contributed by atoms with Crippen LogP contribution in [0.3, 0.4) is 0 Å². The number of rotatable bonds is 6. The maximum absolute atomic E-state index is 12.7. The van der Waals surface area contributed by atoms with Gasteiger partial charge in [0, 0.05) is 12.2 Å². The summed E-state index contributed by atoms with van der Waals surface area (Å²) in [5, 5.41) is 9.16. The molecule has 0 saturated heterocycles. The summed E-state index contributed by atoms with van der Waals surface area (Å²) in [6, 6.07) is 10.7. The number of para-hydroxylation sites is 1. The molecule has 1 amide bonds. The number of carbonyl (C=O) groups is 2. The Bertz CT molecular complexity index is 648. The number of aryl methyl sites for hydroxylation is 1. The van der Waals surface area contributed by atoms with E-state index in [0.717, 1.165) is 17.7 Å². The SMILES string of the molecule is CCc1ccccc1N(CC(C)C(=O)O)C(=O)c1ccco1. The zero-order valence-electron chi connectivity index (χ0n) is 12.7. The summed E-state index contributed by atoms with van der Waals surface area (Å²) < 4.78 is 5.17. The number of carbonyl (C=O) groups excluding carboxylic acids is 1. The lowest BCUT2D eigenvalue weighted by molar-refractivity contribution is -0.140. The first-order valence-corrected chi connectivity index (χ1v) is 7.20. The van der Waals surface area contributed by atoms with Gasteiger partial charge in [0.1, 0.15) is 0 Å². The minimum absolute atomic E-state index is 0.0892. The molecule has 0 aliphatic rings. The van der Waals surface area contributed by atoms with Gasteiger partial charge >= 0.3 is 5.97 Å². The van der Waals surface area contributed by atoms with Crippen LogP contribution in [-0.4, -0.2) is 23.5 Å². The lowest BCUT2D eigenvalue weighted by atomic mass is 10.1. The van der Waals surface area contributed by atoms with Gasteiger partial charge in [0.25, 0.3) is 5.91 Å². The Hall–Kier alpha value is -2.56. The van der Waals surface area contributed by atoms with Gasteiger partial charge in [-0.25, -0.2) is 0 Å². The Labute approximate surface area is 129 Å². The van der Waals surface area contributed by atoms with E-state index in [0.29, 0.717) is 0 Å². The first-order chi connectivity index (χ1) is 10.5. The first-order valence-electron chi connectivity index (χ1n) is 7.20. The third-order valence-electron chi connectivity index (χ3n) is 3.52. The van der Waals surface area contributed by atoms with Crippen LogP contribution in [0.1, 0.15) is 30.0 Å². The van der Waals surface area contributed by atoms with Crippen LogP contribution in [0.15, 0.2) is 47.1 Å². The van der Waals surface area contributed by atoms with E-state index in [-0.39, 0.29) is 18.2 Å². The van der Waals surface area contributed by atoms with Gasteiger partial charge < -0.3 is 14.4 Å². The Morgan fingerprint density at radius 2 is 1.95 bits per heavy atom. The molecular formula is C17H19NO4. The van der Waals surface area contributed by atoms with Crippen molar-refractivity contribution in [2.75, 3.05) is 11.4 Å². The number of benzene rings is 1. The molecule has 0 fully saturated rings. The monoisotopic (exact) mass is 301 g/mol. The molecule has 0 saturated carbocycles. The zero-order valence-corrected chi connectivity index (χ0v) is 12.7. The second-order valence-electron chi connectivity index (χ2n) is 5.11. The average Bonchev–Trinajstić information content (AvgIpc) is 3.06. The number of nitrogens with zero attached hydrogens (tertiary/aromatic N) is 1. The van der Waals surface area contributed by atoms with Crippen LogP contribution >= 0.6 is 0 Å². The van der Waals surface area contributed by atoms with Crippen molar-refractivity contribution >= 4 is 17.6 Å². The Morgan fingerprint density at radius 1 is 1.23 bits per heavy atom. The predicted octanol–water partition coefficient (Wildman–Crippen LogP) is 3.21. The van der Waals surface area contributed by atoms with Crippen molar-refractivity contribution in [1.29, 1.82) is 0 Å². The average molecular weight is 301 g/mol. The molecule has 1 aromatic heterocycles. The van der Waals surface area contributed by atoms with Gasteiger partial charge in [-0.3, -0.25) is 9.59 Å². The smallest absolute Gasteiger partial charge is 0.308 e. The number of carboxylic acids is 1. The van der Waals surface area contributed by atoms with E-state index in [1.807, 2.05) is 31.2 Å². The van der Waals surface area contributed by atoms with E-state index in [2.05, 4.69) is 0 Å². The van der Waals surface area contributed by atoms with Gasteiger partial charge in [-0.2, -0.15) is 0 Å². The van der Waals surface area contributed by atoms with Gasteiger partial charge in [0.15, 0.2) is 5.76 Å². The molecule has 1 heterocycles. The molecule has 0 radical (unpaired) electrons. The second-order valence-corrected chi connectivity index (χ2v) is 5.11. The summed E-state index contributed by atoms with van der Waals surface area (Å²) in [4.78, 5) is 25.3. The number of furan rings is 1. The van der Waals surface area contributed by atoms with E-state index in [4.69, 9.17) is 9.52 Å². The predicted molar refractivity (Wildman–Crippen MR) is 83.0 cm³/mol. The summed E-state index contributed by atoms with van der Waals surface area (Å²) in [6.45, 7) is 3.67. The normalized spacial score (nSPS) is 11.9. The molecule has 1 unspecified atom stereocenters. The van der Waals surface area contributed by atoms with E-state index in [9.17, 15) is 9.59 Å². The second kappa shape index (κ2) is 6.93. The van der Waals surface area contributed by atoms with E-state index >= 15 is 0 Å². The number of carboxylic acid groups (broad SMARTS) is 1. The first kappa shape index (κ1) is 15.8. The van der Waals surface area contributed by atoms with Crippen LogP contribution in [-0.2, 0) is 11.2 Å². The Kier molecular flexibility index (Phi) is 4.99. The topological polar surface area (TPSA) is 70.8 Å². The molecule has 22 heavy (non-hydrogen) atoms. The van der Waals surface area contributed by atoms with E-state index in [1.165, 1.54) is 11.2 Å². The fourth-order valence-corrected chi connectivity index (χ4v) is 2.25. The fraction of sp³-hybridized carbons (Fsp3) is 0.294. The molecule has 5 heteroatoms. The summed E-state index contributed by atoms with van der Waals surface area (Å²) >= 11 is 0. The molecule has 1 aromatic carbocycles. The van der Waals surface area contributed by atoms with E-state index < -0.39 is 11.9 Å². The minimum Gasteiger partial charge on any atom is -0.481 e. The zero-order chi connectivity index (χ0) is 16.1. The number of anilines is 1. The van der Waals surface area contributed by atoms with Crippen LogP contribution in [0.4, 0.5) is 5.69 Å². The lowest BCUT2D eigenvalue weighted by Gasteiger charge is -2.26. The highest BCUT2D eigenvalue weighted by Crippen LogP contribution is 2.24. The summed E-state index contributed by atoms with van der Waals surface area (Å²) in [7, 11) is 0. The number of hydrogen-bond acceptors (Lipinski definition) is 3. The number of amides is 1. The summed E-state index contributed by atoms with van der Waals surface area (Å²) in [5.41, 5.74) is 1.71. The Morgan fingerprint density at radius 3 is 2.55 bits per heavy atom. The molecule has 1 N–H and O–H groups in total. The van der Waals surface area contributed by atoms with Gasteiger partial charge in [-0.1, -0.05) is 32.0 Å². The van der Waals surface area contributed by atoms with Gasteiger partial charge in [0.05, 0.1) is 12.2 Å². The largest absolute Gasteiger partial charge is 0.481 e. The number of aliphatic carboxylic acids is 1. The van der Waals surface area contributed by atoms with Crippen LogP contribution in [0, 0.1) is 5.92 Å². The number of hydrogen-bond donors (Lipinski definition) is 1.